The minimum atomic E-state index is -0.460. The molecule has 0 radical (unpaired) electrons. The van der Waals surface area contributed by atoms with E-state index >= 15 is 0 Å². The number of nitrogens with one attached hydrogen (secondary N) is 1. The van der Waals surface area contributed by atoms with E-state index in [1.165, 1.54) is 30.5 Å². The van der Waals surface area contributed by atoms with Gasteiger partial charge in [0.1, 0.15) is 5.65 Å². The number of esters is 1. The number of hydrogen-bond acceptors (Lipinski definition) is 7. The van der Waals surface area contributed by atoms with E-state index in [0.717, 1.165) is 10.1 Å². The van der Waals surface area contributed by atoms with Crippen LogP contribution in [0.1, 0.15) is 22.8 Å². The Bertz CT molecular complexity index is 1280. The third-order valence-corrected chi connectivity index (χ3v) is 5.97. The van der Waals surface area contributed by atoms with Gasteiger partial charge in [-0.25, -0.2) is 14.6 Å². The molecule has 0 spiro atoms. The van der Waals surface area contributed by atoms with E-state index in [-0.39, 0.29) is 17.3 Å². The van der Waals surface area contributed by atoms with Gasteiger partial charge in [0, 0.05) is 30.9 Å². The minimum absolute atomic E-state index is 0.0524. The SMILES string of the molecule is CCc1cnc2c(c1SCC(=O)Nc1ccc(C(=O)OC)cc1)c(=O)n(C)c(=O)n2C. The number of benzene rings is 1. The van der Waals surface area contributed by atoms with Gasteiger partial charge in [-0.3, -0.25) is 18.7 Å². The maximum atomic E-state index is 12.8. The number of methoxy groups -OCH3 is 1. The maximum Gasteiger partial charge on any atom is 0.337 e. The number of carbonyl (C=O) groups is 2. The first kappa shape index (κ1) is 22.3. The molecule has 0 aliphatic carbocycles. The molecule has 0 fully saturated rings. The molecule has 3 aromatic rings. The van der Waals surface area contributed by atoms with Crippen LogP contribution in [0.5, 0.6) is 0 Å². The van der Waals surface area contributed by atoms with E-state index in [2.05, 4.69) is 15.0 Å². The van der Waals surface area contributed by atoms with Gasteiger partial charge < -0.3 is 10.1 Å². The minimum Gasteiger partial charge on any atom is -0.465 e. The average Bonchev–Trinajstić information content (AvgIpc) is 2.79. The van der Waals surface area contributed by atoms with Crippen molar-refractivity contribution in [2.45, 2.75) is 18.2 Å². The van der Waals surface area contributed by atoms with Crippen LogP contribution in [-0.2, 0) is 30.0 Å². The molecule has 1 N–H and O–H groups in total. The van der Waals surface area contributed by atoms with Crippen LogP contribution in [-0.4, -0.2) is 38.9 Å². The molecule has 9 nitrogen and oxygen atoms in total. The summed E-state index contributed by atoms with van der Waals surface area (Å²) in [7, 11) is 4.28. The number of anilines is 1. The van der Waals surface area contributed by atoms with Crippen LogP contribution in [0, 0.1) is 0 Å². The highest BCUT2D eigenvalue weighted by Crippen LogP contribution is 2.28. The molecule has 2 heterocycles. The Morgan fingerprint density at radius 3 is 2.42 bits per heavy atom. The number of carbonyl (C=O) groups excluding carboxylic acids is 2. The molecular weight excluding hydrogens is 420 g/mol. The molecule has 31 heavy (non-hydrogen) atoms. The summed E-state index contributed by atoms with van der Waals surface area (Å²) in [6, 6.07) is 6.34. The summed E-state index contributed by atoms with van der Waals surface area (Å²) in [5.74, 6) is -0.679. The lowest BCUT2D eigenvalue weighted by atomic mass is 10.2. The number of amides is 1. The van der Waals surface area contributed by atoms with Crippen LogP contribution in [0.4, 0.5) is 5.69 Å². The lowest BCUT2D eigenvalue weighted by molar-refractivity contribution is -0.113. The Morgan fingerprint density at radius 1 is 1.13 bits per heavy atom. The molecule has 1 amide bonds. The number of thioether (sulfide) groups is 1. The zero-order chi connectivity index (χ0) is 22.7. The maximum absolute atomic E-state index is 12.8. The van der Waals surface area contributed by atoms with Gasteiger partial charge in [0.25, 0.3) is 5.56 Å². The number of nitrogens with zero attached hydrogens (tertiary/aromatic N) is 3. The van der Waals surface area contributed by atoms with Crippen LogP contribution >= 0.6 is 11.8 Å². The van der Waals surface area contributed by atoms with E-state index < -0.39 is 17.2 Å². The Hall–Kier alpha value is -3.40. The van der Waals surface area contributed by atoms with Crippen molar-refractivity contribution in [2.75, 3.05) is 18.2 Å². The standard InChI is InChI=1S/C21H22N4O5S/c1-5-12-10-22-18-16(19(27)25(3)21(29)24(18)2)17(12)31-11-15(26)23-14-8-6-13(7-9-14)20(28)30-4/h6-10H,5,11H2,1-4H3,(H,23,26). The number of hydrogen-bond donors (Lipinski definition) is 1. The largest absolute Gasteiger partial charge is 0.465 e. The highest BCUT2D eigenvalue weighted by Gasteiger charge is 2.18. The van der Waals surface area contributed by atoms with Crippen LogP contribution in [0.3, 0.4) is 0 Å². The Morgan fingerprint density at radius 2 is 1.81 bits per heavy atom. The fourth-order valence-corrected chi connectivity index (χ4v) is 4.15. The second kappa shape index (κ2) is 9.17. The predicted octanol–water partition coefficient (Wildman–Crippen LogP) is 1.71. The second-order valence-corrected chi connectivity index (χ2v) is 7.76. The molecular formula is C21H22N4O5S. The molecule has 0 saturated heterocycles. The van der Waals surface area contributed by atoms with Crippen molar-refractivity contribution in [3.63, 3.8) is 0 Å². The van der Waals surface area contributed by atoms with E-state index in [1.807, 2.05) is 6.92 Å². The van der Waals surface area contributed by atoms with Crippen molar-refractivity contribution in [1.29, 1.82) is 0 Å². The van der Waals surface area contributed by atoms with Crippen molar-refractivity contribution < 1.29 is 14.3 Å². The third-order valence-electron chi connectivity index (χ3n) is 4.81. The predicted molar refractivity (Wildman–Crippen MR) is 119 cm³/mol. The Labute approximate surface area is 182 Å². The quantitative estimate of drug-likeness (QED) is 0.457. The zero-order valence-corrected chi connectivity index (χ0v) is 18.4. The molecule has 0 unspecified atom stereocenters. The molecule has 0 atom stereocenters. The first-order valence-electron chi connectivity index (χ1n) is 9.47. The highest BCUT2D eigenvalue weighted by atomic mass is 32.2. The summed E-state index contributed by atoms with van der Waals surface area (Å²) < 4.78 is 7.01. The van der Waals surface area contributed by atoms with Crippen LogP contribution in [0.25, 0.3) is 11.0 Å². The van der Waals surface area contributed by atoms with E-state index in [4.69, 9.17) is 0 Å². The normalized spacial score (nSPS) is 10.8. The second-order valence-electron chi connectivity index (χ2n) is 6.78. The molecule has 10 heteroatoms. The summed E-state index contributed by atoms with van der Waals surface area (Å²) in [4.78, 5) is 53.9. The number of pyridine rings is 1. The van der Waals surface area contributed by atoms with Gasteiger partial charge in [0.05, 0.1) is 23.8 Å². The van der Waals surface area contributed by atoms with E-state index in [9.17, 15) is 19.2 Å². The van der Waals surface area contributed by atoms with Gasteiger partial charge in [-0.15, -0.1) is 11.8 Å². The summed E-state index contributed by atoms with van der Waals surface area (Å²) >= 11 is 1.22. The summed E-state index contributed by atoms with van der Waals surface area (Å²) in [5, 5.41) is 3.09. The van der Waals surface area contributed by atoms with Crippen LogP contribution in [0.2, 0.25) is 0 Å². The van der Waals surface area contributed by atoms with Crippen molar-refractivity contribution in [3.8, 4) is 0 Å². The number of rotatable bonds is 6. The zero-order valence-electron chi connectivity index (χ0n) is 17.6. The van der Waals surface area contributed by atoms with E-state index in [0.29, 0.717) is 28.0 Å². The molecule has 0 aliphatic heterocycles. The highest BCUT2D eigenvalue weighted by molar-refractivity contribution is 8.00. The number of aromatic nitrogens is 3. The third kappa shape index (κ3) is 4.38. The fourth-order valence-electron chi connectivity index (χ4n) is 3.10. The molecule has 162 valence electrons. The van der Waals surface area contributed by atoms with Crippen molar-refractivity contribution >= 4 is 40.4 Å². The number of ether oxygens (including phenoxy) is 1. The lowest BCUT2D eigenvalue weighted by Gasteiger charge is -2.13. The summed E-state index contributed by atoms with van der Waals surface area (Å²) in [5.41, 5.74) is 1.12. The van der Waals surface area contributed by atoms with Gasteiger partial charge in [0.2, 0.25) is 5.91 Å². The molecule has 0 aliphatic rings. The molecule has 3 rings (SSSR count). The van der Waals surface area contributed by atoms with Gasteiger partial charge in [0.15, 0.2) is 0 Å². The monoisotopic (exact) mass is 442 g/mol. The Balaban J connectivity index is 1.86. The Kier molecular flexibility index (Phi) is 6.59. The summed E-state index contributed by atoms with van der Waals surface area (Å²) in [6.07, 6.45) is 2.25. The van der Waals surface area contributed by atoms with Crippen LogP contribution < -0.4 is 16.6 Å². The first-order valence-corrected chi connectivity index (χ1v) is 10.5. The van der Waals surface area contributed by atoms with Gasteiger partial charge in [-0.2, -0.15) is 0 Å². The van der Waals surface area contributed by atoms with Gasteiger partial charge >= 0.3 is 11.7 Å². The fraction of sp³-hybridized carbons (Fsp3) is 0.286. The van der Waals surface area contributed by atoms with Crippen molar-refractivity contribution in [1.82, 2.24) is 14.1 Å². The molecule has 1 aromatic carbocycles. The number of fused-ring (bicyclic) bond motifs is 1. The molecule has 0 saturated carbocycles. The van der Waals surface area contributed by atoms with Gasteiger partial charge in [-0.05, 0) is 36.2 Å². The lowest BCUT2D eigenvalue weighted by Crippen LogP contribution is -2.37. The van der Waals surface area contributed by atoms with Crippen molar-refractivity contribution in [3.05, 3.63) is 62.4 Å². The smallest absolute Gasteiger partial charge is 0.337 e. The first-order chi connectivity index (χ1) is 14.8. The topological polar surface area (TPSA) is 112 Å². The summed E-state index contributed by atoms with van der Waals surface area (Å²) in [6.45, 7) is 1.93. The average molecular weight is 442 g/mol. The molecule has 0 bridgehead atoms. The van der Waals surface area contributed by atoms with E-state index in [1.54, 1.807) is 37.5 Å². The van der Waals surface area contributed by atoms with Crippen molar-refractivity contribution in [2.24, 2.45) is 14.1 Å². The molecule has 2 aromatic heterocycles. The van der Waals surface area contributed by atoms with Gasteiger partial charge in [-0.1, -0.05) is 6.92 Å². The number of aryl methyl sites for hydroxylation is 2. The van der Waals surface area contributed by atoms with Crippen LogP contribution in [0.15, 0.2) is 44.9 Å².